The number of methoxy groups -OCH3 is 3. The molecule has 1 amide bonds. The lowest BCUT2D eigenvalue weighted by molar-refractivity contribution is 0.0694. The van der Waals surface area contributed by atoms with Crippen molar-refractivity contribution in [2.24, 2.45) is 0 Å². The highest BCUT2D eigenvalue weighted by molar-refractivity contribution is 5.97. The average Bonchev–Trinajstić information content (AvgIpc) is 3.00. The first kappa shape index (κ1) is 19.2. The molecule has 1 heterocycles. The van der Waals surface area contributed by atoms with Gasteiger partial charge in [0.1, 0.15) is 22.8 Å². The van der Waals surface area contributed by atoms with Crippen molar-refractivity contribution in [2.45, 2.75) is 13.5 Å². The molecule has 0 atom stereocenters. The number of hydrogen-bond donors (Lipinski definition) is 1. The number of aryl methyl sites for hydroxylation is 1. The van der Waals surface area contributed by atoms with Crippen molar-refractivity contribution >= 4 is 11.9 Å². The third-order valence-corrected chi connectivity index (χ3v) is 3.87. The first-order valence-corrected chi connectivity index (χ1v) is 7.70. The number of carbonyl (C=O) groups excluding carboxylic acids is 1. The molecule has 140 valence electrons. The van der Waals surface area contributed by atoms with Crippen molar-refractivity contribution < 1.29 is 33.3 Å². The summed E-state index contributed by atoms with van der Waals surface area (Å²) in [5.74, 6) is 0.415. The van der Waals surface area contributed by atoms with Crippen molar-refractivity contribution in [3.63, 3.8) is 0 Å². The topological polar surface area (TPSA) is 98.4 Å². The number of amides is 1. The normalized spacial score (nSPS) is 10.3. The fourth-order valence-electron chi connectivity index (χ4n) is 2.54. The van der Waals surface area contributed by atoms with Gasteiger partial charge in [0.25, 0.3) is 5.91 Å². The molecule has 2 rings (SSSR count). The number of ether oxygens (including phenoxy) is 3. The monoisotopic (exact) mass is 363 g/mol. The summed E-state index contributed by atoms with van der Waals surface area (Å²) in [5.41, 5.74) is 0.360. The first-order chi connectivity index (χ1) is 12.3. The van der Waals surface area contributed by atoms with Gasteiger partial charge in [-0.05, 0) is 13.0 Å². The number of nitrogens with zero attached hydrogens (tertiary/aromatic N) is 1. The maximum atomic E-state index is 12.8. The predicted octanol–water partition coefficient (Wildman–Crippen LogP) is 2.58. The number of furan rings is 1. The Morgan fingerprint density at radius 2 is 1.58 bits per heavy atom. The van der Waals surface area contributed by atoms with E-state index in [0.717, 1.165) is 0 Å². The number of hydrogen-bond acceptors (Lipinski definition) is 6. The van der Waals surface area contributed by atoms with Crippen LogP contribution in [0, 0.1) is 6.92 Å². The summed E-state index contributed by atoms with van der Waals surface area (Å²) in [7, 11) is 6.00. The van der Waals surface area contributed by atoms with Gasteiger partial charge >= 0.3 is 5.97 Å². The lowest BCUT2D eigenvalue weighted by Crippen LogP contribution is -2.26. The molecular formula is C18H21NO7. The van der Waals surface area contributed by atoms with E-state index in [-0.39, 0.29) is 29.3 Å². The second kappa shape index (κ2) is 7.81. The van der Waals surface area contributed by atoms with Gasteiger partial charge in [0, 0.05) is 19.2 Å². The number of carboxylic acids is 1. The molecule has 0 aliphatic rings. The van der Waals surface area contributed by atoms with E-state index in [0.29, 0.717) is 23.0 Å². The number of aromatic carboxylic acids is 1. The number of rotatable bonds is 7. The Kier molecular flexibility index (Phi) is 5.76. The SMILES string of the molecule is COc1cc(OC)c(C(=O)N(C)Cc2cc(C(=O)O)c(C)o2)cc1OC. The van der Waals surface area contributed by atoms with E-state index < -0.39 is 5.97 Å². The van der Waals surface area contributed by atoms with Crippen LogP contribution in [0.2, 0.25) is 0 Å². The zero-order valence-electron chi connectivity index (χ0n) is 15.3. The van der Waals surface area contributed by atoms with Gasteiger partial charge in [0.05, 0.1) is 33.4 Å². The lowest BCUT2D eigenvalue weighted by atomic mass is 10.1. The maximum Gasteiger partial charge on any atom is 0.339 e. The molecular weight excluding hydrogens is 342 g/mol. The Morgan fingerprint density at radius 3 is 2.08 bits per heavy atom. The second-order valence-corrected chi connectivity index (χ2v) is 5.56. The van der Waals surface area contributed by atoms with Gasteiger partial charge in [-0.15, -0.1) is 0 Å². The average molecular weight is 363 g/mol. The van der Waals surface area contributed by atoms with Crippen LogP contribution in [0.1, 0.15) is 32.2 Å². The van der Waals surface area contributed by atoms with Crippen LogP contribution in [-0.4, -0.2) is 50.3 Å². The first-order valence-electron chi connectivity index (χ1n) is 7.70. The van der Waals surface area contributed by atoms with E-state index >= 15 is 0 Å². The fourth-order valence-corrected chi connectivity index (χ4v) is 2.54. The summed E-state index contributed by atoms with van der Waals surface area (Å²) in [6, 6.07) is 4.51. The third-order valence-electron chi connectivity index (χ3n) is 3.87. The summed E-state index contributed by atoms with van der Waals surface area (Å²) in [6.07, 6.45) is 0. The minimum absolute atomic E-state index is 0.0737. The summed E-state index contributed by atoms with van der Waals surface area (Å²) < 4.78 is 21.1. The highest BCUT2D eigenvalue weighted by atomic mass is 16.5. The van der Waals surface area contributed by atoms with Crippen LogP contribution in [0.25, 0.3) is 0 Å². The fraction of sp³-hybridized carbons (Fsp3) is 0.333. The van der Waals surface area contributed by atoms with Crippen molar-refractivity contribution in [1.29, 1.82) is 0 Å². The maximum absolute atomic E-state index is 12.8. The van der Waals surface area contributed by atoms with Gasteiger partial charge in [-0.2, -0.15) is 0 Å². The van der Waals surface area contributed by atoms with Crippen LogP contribution in [0.3, 0.4) is 0 Å². The van der Waals surface area contributed by atoms with E-state index in [1.54, 1.807) is 20.0 Å². The molecule has 1 aromatic heterocycles. The zero-order valence-corrected chi connectivity index (χ0v) is 15.3. The zero-order chi connectivity index (χ0) is 19.4. The largest absolute Gasteiger partial charge is 0.496 e. The Morgan fingerprint density at radius 1 is 1.00 bits per heavy atom. The van der Waals surface area contributed by atoms with Crippen LogP contribution in [0.4, 0.5) is 0 Å². The highest BCUT2D eigenvalue weighted by Crippen LogP contribution is 2.35. The molecule has 8 heteroatoms. The van der Waals surface area contributed by atoms with Crippen molar-refractivity contribution in [3.05, 3.63) is 40.8 Å². The molecule has 1 N–H and O–H groups in total. The van der Waals surface area contributed by atoms with Crippen LogP contribution in [-0.2, 0) is 6.54 Å². The molecule has 0 spiro atoms. The number of benzene rings is 1. The Balaban J connectivity index is 2.30. The van der Waals surface area contributed by atoms with E-state index in [1.807, 2.05) is 0 Å². The van der Waals surface area contributed by atoms with Crippen molar-refractivity contribution in [2.75, 3.05) is 28.4 Å². The molecule has 26 heavy (non-hydrogen) atoms. The van der Waals surface area contributed by atoms with Crippen LogP contribution >= 0.6 is 0 Å². The summed E-state index contributed by atoms with van der Waals surface area (Å²) >= 11 is 0. The van der Waals surface area contributed by atoms with Gasteiger partial charge in [-0.3, -0.25) is 4.79 Å². The van der Waals surface area contributed by atoms with Crippen molar-refractivity contribution in [3.8, 4) is 17.2 Å². The molecule has 0 aliphatic heterocycles. The van der Waals surface area contributed by atoms with E-state index in [9.17, 15) is 9.59 Å². The molecule has 0 bridgehead atoms. The minimum atomic E-state index is -1.08. The Bertz CT molecular complexity index is 825. The van der Waals surface area contributed by atoms with Crippen molar-refractivity contribution in [1.82, 2.24) is 4.90 Å². The molecule has 1 aromatic carbocycles. The molecule has 0 fully saturated rings. The van der Waals surface area contributed by atoms with Crippen LogP contribution in [0.5, 0.6) is 17.2 Å². The van der Waals surface area contributed by atoms with E-state index in [4.69, 9.17) is 23.7 Å². The Labute approximate surface area is 150 Å². The molecule has 0 radical (unpaired) electrons. The molecule has 0 saturated carbocycles. The summed E-state index contributed by atoms with van der Waals surface area (Å²) in [6.45, 7) is 1.66. The lowest BCUT2D eigenvalue weighted by Gasteiger charge is -2.19. The van der Waals surface area contributed by atoms with Gasteiger partial charge < -0.3 is 28.6 Å². The van der Waals surface area contributed by atoms with Crippen LogP contribution in [0.15, 0.2) is 22.6 Å². The molecule has 0 unspecified atom stereocenters. The van der Waals surface area contributed by atoms with Gasteiger partial charge in [0.15, 0.2) is 11.5 Å². The Hall–Kier alpha value is -3.16. The van der Waals surface area contributed by atoms with Gasteiger partial charge in [-0.25, -0.2) is 4.79 Å². The molecule has 0 saturated heterocycles. The third kappa shape index (κ3) is 3.74. The van der Waals surface area contributed by atoms with Crippen LogP contribution < -0.4 is 14.2 Å². The smallest absolute Gasteiger partial charge is 0.339 e. The molecule has 8 nitrogen and oxygen atoms in total. The number of carboxylic acid groups (broad SMARTS) is 1. The molecule has 2 aromatic rings. The standard InChI is InChI=1S/C18H21NO7/c1-10-12(18(21)22)6-11(26-10)9-19(2)17(20)13-7-15(24-4)16(25-5)8-14(13)23-3/h6-8H,9H2,1-5H3,(H,21,22). The number of carbonyl (C=O) groups is 2. The quantitative estimate of drug-likeness (QED) is 0.807. The van der Waals surface area contributed by atoms with E-state index in [1.165, 1.54) is 38.4 Å². The molecule has 0 aliphatic carbocycles. The second-order valence-electron chi connectivity index (χ2n) is 5.56. The van der Waals surface area contributed by atoms with Gasteiger partial charge in [-0.1, -0.05) is 0 Å². The summed E-state index contributed by atoms with van der Waals surface area (Å²) in [4.78, 5) is 25.3. The highest BCUT2D eigenvalue weighted by Gasteiger charge is 2.22. The van der Waals surface area contributed by atoms with Gasteiger partial charge in [0.2, 0.25) is 0 Å². The summed E-state index contributed by atoms with van der Waals surface area (Å²) in [5, 5.41) is 9.09. The minimum Gasteiger partial charge on any atom is -0.496 e. The van der Waals surface area contributed by atoms with E-state index in [2.05, 4.69) is 0 Å². The predicted molar refractivity (Wildman–Crippen MR) is 92.3 cm³/mol.